The number of benzene rings is 3. The lowest BCUT2D eigenvalue weighted by molar-refractivity contribution is -0.147. The molecule has 3 aromatic rings. The molecule has 0 atom stereocenters. The second-order valence-electron chi connectivity index (χ2n) is 7.16. The molecule has 3 aromatic carbocycles. The van der Waals surface area contributed by atoms with E-state index in [9.17, 15) is 14.4 Å². The Bertz CT molecular complexity index is 1200. The topological polar surface area (TPSA) is 103 Å². The van der Waals surface area contributed by atoms with E-state index < -0.39 is 18.5 Å². The van der Waals surface area contributed by atoms with Crippen molar-refractivity contribution in [1.29, 1.82) is 0 Å². The quantitative estimate of drug-likeness (QED) is 0.303. The minimum Gasteiger partial charge on any atom is -0.493 e. The Balaban J connectivity index is 1.38. The number of nitrogens with one attached hydrogen (secondary N) is 2. The number of carbonyl (C=O) groups is 3. The monoisotopic (exact) mass is 560 g/mol. The first-order valence-corrected chi connectivity index (χ1v) is 11.6. The Morgan fingerprint density at radius 3 is 2.20 bits per heavy atom. The number of esters is 1. The molecule has 35 heavy (non-hydrogen) atoms. The van der Waals surface area contributed by atoms with Gasteiger partial charge in [-0.05, 0) is 70.5 Å². The average Bonchev–Trinajstić information content (AvgIpc) is 2.85. The zero-order valence-electron chi connectivity index (χ0n) is 18.7. The lowest BCUT2D eigenvalue weighted by atomic mass is 10.2. The van der Waals surface area contributed by atoms with Gasteiger partial charge in [0, 0.05) is 22.3 Å². The fourth-order valence-corrected chi connectivity index (χ4v) is 3.29. The number of anilines is 2. The van der Waals surface area contributed by atoms with Crippen molar-refractivity contribution in [2.75, 3.05) is 24.4 Å². The summed E-state index contributed by atoms with van der Waals surface area (Å²) in [7, 11) is 1.56. The van der Waals surface area contributed by atoms with E-state index in [-0.39, 0.29) is 18.7 Å². The van der Waals surface area contributed by atoms with Gasteiger partial charge in [-0.2, -0.15) is 0 Å². The summed E-state index contributed by atoms with van der Waals surface area (Å²) in [5.74, 6) is 0.196. The molecule has 0 spiro atoms. The SMILES string of the molecule is COc1ccccc1Oc1ccc(NC(=O)CCC(=O)OCC(=O)Nc2ccc(Br)c(Cl)c2)cc1. The number of halogens is 2. The van der Waals surface area contributed by atoms with E-state index in [0.29, 0.717) is 38.1 Å². The molecule has 0 aromatic heterocycles. The van der Waals surface area contributed by atoms with Crippen molar-refractivity contribution in [3.8, 4) is 17.2 Å². The van der Waals surface area contributed by atoms with Crippen LogP contribution in [0.2, 0.25) is 5.02 Å². The van der Waals surface area contributed by atoms with Gasteiger partial charge in [0.2, 0.25) is 5.91 Å². The van der Waals surface area contributed by atoms with E-state index in [1.165, 1.54) is 0 Å². The van der Waals surface area contributed by atoms with Crippen molar-refractivity contribution in [2.24, 2.45) is 0 Å². The Morgan fingerprint density at radius 2 is 1.51 bits per heavy atom. The zero-order chi connectivity index (χ0) is 25.2. The van der Waals surface area contributed by atoms with Crippen LogP contribution in [0.15, 0.2) is 71.2 Å². The zero-order valence-corrected chi connectivity index (χ0v) is 21.0. The van der Waals surface area contributed by atoms with Gasteiger partial charge >= 0.3 is 5.97 Å². The highest BCUT2D eigenvalue weighted by atomic mass is 79.9. The Morgan fingerprint density at radius 1 is 0.857 bits per heavy atom. The van der Waals surface area contributed by atoms with E-state index in [1.807, 2.05) is 12.1 Å². The highest BCUT2D eigenvalue weighted by Gasteiger charge is 2.12. The highest BCUT2D eigenvalue weighted by Crippen LogP contribution is 2.31. The molecule has 0 unspecified atom stereocenters. The van der Waals surface area contributed by atoms with Gasteiger partial charge in [0.1, 0.15) is 5.75 Å². The van der Waals surface area contributed by atoms with Crippen LogP contribution in [0.1, 0.15) is 12.8 Å². The first-order valence-electron chi connectivity index (χ1n) is 10.5. The molecule has 0 radical (unpaired) electrons. The van der Waals surface area contributed by atoms with Gasteiger partial charge < -0.3 is 24.8 Å². The van der Waals surface area contributed by atoms with E-state index >= 15 is 0 Å². The van der Waals surface area contributed by atoms with Gasteiger partial charge in [0.25, 0.3) is 5.91 Å². The molecule has 2 N–H and O–H groups in total. The van der Waals surface area contributed by atoms with Gasteiger partial charge in [0.05, 0.1) is 18.6 Å². The Kier molecular flexibility index (Phi) is 9.51. The third-order valence-electron chi connectivity index (χ3n) is 4.56. The van der Waals surface area contributed by atoms with Crippen molar-refractivity contribution in [3.63, 3.8) is 0 Å². The summed E-state index contributed by atoms with van der Waals surface area (Å²) in [4.78, 5) is 36.0. The fourth-order valence-electron chi connectivity index (χ4n) is 2.86. The third kappa shape index (κ3) is 8.31. The van der Waals surface area contributed by atoms with Crippen LogP contribution in [0.25, 0.3) is 0 Å². The number of hydrogen-bond donors (Lipinski definition) is 2. The van der Waals surface area contributed by atoms with E-state index in [1.54, 1.807) is 61.7 Å². The highest BCUT2D eigenvalue weighted by molar-refractivity contribution is 9.10. The Hall–Kier alpha value is -3.56. The maximum Gasteiger partial charge on any atom is 0.306 e. The van der Waals surface area contributed by atoms with Gasteiger partial charge in [-0.15, -0.1) is 0 Å². The molecular formula is C25H22BrClN2O6. The first kappa shape index (κ1) is 26.1. The molecule has 3 rings (SSSR count). The van der Waals surface area contributed by atoms with Crippen LogP contribution in [0.4, 0.5) is 11.4 Å². The minimum absolute atomic E-state index is 0.0950. The number of rotatable bonds is 10. The molecule has 0 fully saturated rings. The molecule has 10 heteroatoms. The van der Waals surface area contributed by atoms with Crippen molar-refractivity contribution in [3.05, 3.63) is 76.2 Å². The maximum absolute atomic E-state index is 12.2. The number of ether oxygens (including phenoxy) is 3. The average molecular weight is 562 g/mol. The van der Waals surface area contributed by atoms with Gasteiger partial charge in [0.15, 0.2) is 18.1 Å². The molecule has 0 heterocycles. The molecular weight excluding hydrogens is 540 g/mol. The molecule has 0 aliphatic carbocycles. The van der Waals surface area contributed by atoms with Gasteiger partial charge in [-0.3, -0.25) is 14.4 Å². The van der Waals surface area contributed by atoms with Gasteiger partial charge in [-0.1, -0.05) is 23.7 Å². The van der Waals surface area contributed by atoms with E-state index in [2.05, 4.69) is 26.6 Å². The summed E-state index contributed by atoms with van der Waals surface area (Å²) >= 11 is 9.23. The first-order chi connectivity index (χ1) is 16.8. The smallest absolute Gasteiger partial charge is 0.306 e. The summed E-state index contributed by atoms with van der Waals surface area (Å²) < 4.78 is 16.7. The van der Waals surface area contributed by atoms with Crippen LogP contribution in [0.3, 0.4) is 0 Å². The fraction of sp³-hybridized carbons (Fsp3) is 0.160. The minimum atomic E-state index is -0.662. The van der Waals surface area contributed by atoms with Crippen LogP contribution in [0, 0.1) is 0 Å². The maximum atomic E-state index is 12.2. The van der Waals surface area contributed by atoms with Crippen LogP contribution in [-0.2, 0) is 19.1 Å². The summed E-state index contributed by atoms with van der Waals surface area (Å²) in [5.41, 5.74) is 1.02. The molecule has 2 amide bonds. The number of para-hydroxylation sites is 2. The molecule has 0 bridgehead atoms. The number of amides is 2. The Labute approximate surface area is 215 Å². The number of carbonyl (C=O) groups excluding carboxylic acids is 3. The third-order valence-corrected chi connectivity index (χ3v) is 5.79. The predicted octanol–water partition coefficient (Wildman–Crippen LogP) is 5.80. The second kappa shape index (κ2) is 12.8. The molecule has 0 aliphatic heterocycles. The van der Waals surface area contributed by atoms with Crippen molar-refractivity contribution >= 4 is 56.7 Å². The summed E-state index contributed by atoms with van der Waals surface area (Å²) in [6.45, 7) is -0.470. The van der Waals surface area contributed by atoms with Crippen LogP contribution < -0.4 is 20.1 Å². The van der Waals surface area contributed by atoms with Crippen LogP contribution >= 0.6 is 27.5 Å². The predicted molar refractivity (Wildman–Crippen MR) is 136 cm³/mol. The normalized spacial score (nSPS) is 10.3. The van der Waals surface area contributed by atoms with Crippen LogP contribution in [0.5, 0.6) is 17.2 Å². The van der Waals surface area contributed by atoms with Gasteiger partial charge in [-0.25, -0.2) is 0 Å². The standard InChI is InChI=1S/C25H22BrClN2O6/c1-33-21-4-2-3-5-22(21)35-18-9-6-16(7-10-18)28-23(30)12-13-25(32)34-15-24(31)29-17-8-11-19(26)20(27)14-17/h2-11,14H,12-13,15H2,1H3,(H,28,30)(H,29,31). The lowest BCUT2D eigenvalue weighted by Crippen LogP contribution is -2.21. The molecule has 182 valence electrons. The van der Waals surface area contributed by atoms with E-state index in [0.717, 1.165) is 0 Å². The summed E-state index contributed by atoms with van der Waals surface area (Å²) in [6.07, 6.45) is -0.263. The lowest BCUT2D eigenvalue weighted by Gasteiger charge is -2.11. The van der Waals surface area contributed by atoms with Crippen molar-refractivity contribution in [2.45, 2.75) is 12.8 Å². The summed E-state index contributed by atoms with van der Waals surface area (Å²) in [5, 5.41) is 5.70. The number of hydrogen-bond acceptors (Lipinski definition) is 6. The van der Waals surface area contributed by atoms with Crippen molar-refractivity contribution in [1.82, 2.24) is 0 Å². The molecule has 0 saturated heterocycles. The molecule has 0 saturated carbocycles. The molecule has 0 aliphatic rings. The molecule has 8 nitrogen and oxygen atoms in total. The number of methoxy groups -OCH3 is 1. The largest absolute Gasteiger partial charge is 0.493 e. The second-order valence-corrected chi connectivity index (χ2v) is 8.42. The van der Waals surface area contributed by atoms with Crippen LogP contribution in [-0.4, -0.2) is 31.5 Å². The van der Waals surface area contributed by atoms with Crippen molar-refractivity contribution < 1.29 is 28.6 Å². The van der Waals surface area contributed by atoms with E-state index in [4.69, 9.17) is 25.8 Å². The summed E-state index contributed by atoms with van der Waals surface area (Å²) in [6, 6.07) is 18.9.